The largest absolute Gasteiger partial charge is 0.465 e. The van der Waals surface area contributed by atoms with Crippen LogP contribution in [0.25, 0.3) is 0 Å². The van der Waals surface area contributed by atoms with Crippen molar-refractivity contribution in [1.82, 2.24) is 0 Å². The molecule has 1 unspecified atom stereocenters. The normalized spacial score (nSPS) is 14.3. The van der Waals surface area contributed by atoms with E-state index in [4.69, 9.17) is 4.74 Å². The third kappa shape index (κ3) is 7.98. The molecule has 0 aromatic rings. The topological polar surface area (TPSA) is 26.3 Å². The molecule has 0 aromatic heterocycles. The van der Waals surface area contributed by atoms with Gasteiger partial charge in [-0.05, 0) is 13.3 Å². The Morgan fingerprint density at radius 1 is 1.33 bits per heavy atom. The molecule has 2 nitrogen and oxygen atoms in total. The highest BCUT2D eigenvalue weighted by Gasteiger charge is 2.01. The molecule has 0 bridgehead atoms. The zero-order chi connectivity index (χ0) is 11.7. The predicted molar refractivity (Wildman–Crippen MR) is 63.6 cm³/mol. The molecule has 1 atom stereocenters. The molecule has 0 radical (unpaired) electrons. The van der Waals surface area contributed by atoms with Crippen LogP contribution >= 0.6 is 0 Å². The smallest absolute Gasteiger partial charge is 0.305 e. The van der Waals surface area contributed by atoms with Gasteiger partial charge in [0.25, 0.3) is 0 Å². The summed E-state index contributed by atoms with van der Waals surface area (Å²) in [5.74, 6) is 0.150. The molecule has 15 heavy (non-hydrogen) atoms. The van der Waals surface area contributed by atoms with Crippen molar-refractivity contribution >= 4 is 5.97 Å². The van der Waals surface area contributed by atoms with Crippen LogP contribution in [0.2, 0.25) is 0 Å². The number of allylic oxidation sites excluding steroid dienone is 3. The van der Waals surface area contributed by atoms with E-state index in [1.807, 2.05) is 13.0 Å². The molecule has 0 aliphatic rings. The number of carbonyl (C=O) groups is 1. The van der Waals surface area contributed by atoms with E-state index in [1.54, 1.807) is 6.92 Å². The Morgan fingerprint density at radius 3 is 2.53 bits per heavy atom. The second-order valence-electron chi connectivity index (χ2n) is 3.77. The first kappa shape index (κ1) is 13.9. The highest BCUT2D eigenvalue weighted by molar-refractivity contribution is 5.68. The number of rotatable bonds is 6. The van der Waals surface area contributed by atoms with Gasteiger partial charge in [-0.15, -0.1) is 0 Å². The Balaban J connectivity index is 3.83. The minimum atomic E-state index is -0.129. The fourth-order valence-electron chi connectivity index (χ4n) is 0.909. The standard InChI is InChI=1S/C13H22O2/c1-5-11(3)8-7-9-12(4)10-15-13(14)6-2/h7-9,12H,5-6,10H2,1-4H3/b9-7+,11-8+. The zero-order valence-electron chi connectivity index (χ0n) is 10.2. The molecule has 0 N–H and O–H groups in total. The van der Waals surface area contributed by atoms with E-state index in [0.717, 1.165) is 6.42 Å². The summed E-state index contributed by atoms with van der Waals surface area (Å²) in [4.78, 5) is 10.9. The maximum atomic E-state index is 10.9. The number of hydrogen-bond donors (Lipinski definition) is 0. The molecule has 0 aromatic carbocycles. The Hall–Kier alpha value is -1.05. The van der Waals surface area contributed by atoms with Gasteiger partial charge in [0.1, 0.15) is 0 Å². The van der Waals surface area contributed by atoms with Gasteiger partial charge in [0, 0.05) is 12.3 Å². The van der Waals surface area contributed by atoms with Crippen LogP contribution in [0, 0.1) is 5.92 Å². The molecule has 2 heteroatoms. The Bertz CT molecular complexity index is 239. The summed E-state index contributed by atoms with van der Waals surface area (Å²) in [5.41, 5.74) is 1.35. The highest BCUT2D eigenvalue weighted by Crippen LogP contribution is 2.02. The lowest BCUT2D eigenvalue weighted by Crippen LogP contribution is -2.09. The minimum Gasteiger partial charge on any atom is -0.465 e. The lowest BCUT2D eigenvalue weighted by atomic mass is 10.1. The van der Waals surface area contributed by atoms with E-state index >= 15 is 0 Å². The van der Waals surface area contributed by atoms with Crippen molar-refractivity contribution in [3.8, 4) is 0 Å². The molecule has 0 aliphatic heterocycles. The highest BCUT2D eigenvalue weighted by atomic mass is 16.5. The van der Waals surface area contributed by atoms with Crippen LogP contribution in [0.5, 0.6) is 0 Å². The van der Waals surface area contributed by atoms with Crippen molar-refractivity contribution in [2.75, 3.05) is 6.61 Å². The lowest BCUT2D eigenvalue weighted by molar-refractivity contribution is -0.144. The van der Waals surface area contributed by atoms with Gasteiger partial charge in [0.05, 0.1) is 6.61 Å². The van der Waals surface area contributed by atoms with E-state index in [2.05, 4.69) is 26.0 Å². The van der Waals surface area contributed by atoms with Crippen molar-refractivity contribution in [3.63, 3.8) is 0 Å². The van der Waals surface area contributed by atoms with Crippen molar-refractivity contribution in [1.29, 1.82) is 0 Å². The molecule has 0 saturated heterocycles. The monoisotopic (exact) mass is 210 g/mol. The summed E-state index contributed by atoms with van der Waals surface area (Å²) in [6.45, 7) is 8.55. The van der Waals surface area contributed by atoms with E-state index in [9.17, 15) is 4.79 Å². The third-order valence-electron chi connectivity index (χ3n) is 2.17. The van der Waals surface area contributed by atoms with Gasteiger partial charge in [0.2, 0.25) is 0 Å². The molecule has 0 rings (SSSR count). The summed E-state index contributed by atoms with van der Waals surface area (Å²) in [7, 11) is 0. The van der Waals surface area contributed by atoms with Crippen molar-refractivity contribution in [2.45, 2.75) is 40.5 Å². The van der Waals surface area contributed by atoms with Crippen LogP contribution in [0.1, 0.15) is 40.5 Å². The number of carbonyl (C=O) groups excluding carboxylic acids is 1. The fourth-order valence-corrected chi connectivity index (χ4v) is 0.909. The quantitative estimate of drug-likeness (QED) is 0.495. The molecular formula is C13H22O2. The molecule has 0 aliphatic carbocycles. The molecule has 0 heterocycles. The first-order valence-electron chi connectivity index (χ1n) is 5.59. The van der Waals surface area contributed by atoms with E-state index in [0.29, 0.717) is 13.0 Å². The maximum absolute atomic E-state index is 10.9. The molecular weight excluding hydrogens is 188 g/mol. The number of ether oxygens (including phenoxy) is 1. The van der Waals surface area contributed by atoms with Crippen molar-refractivity contribution in [2.24, 2.45) is 5.92 Å². The first-order valence-corrected chi connectivity index (χ1v) is 5.59. The summed E-state index contributed by atoms with van der Waals surface area (Å²) in [5, 5.41) is 0. The Morgan fingerprint density at radius 2 is 2.00 bits per heavy atom. The van der Waals surface area contributed by atoms with Crippen LogP contribution in [0.3, 0.4) is 0 Å². The van der Waals surface area contributed by atoms with Gasteiger partial charge in [-0.1, -0.05) is 44.6 Å². The van der Waals surface area contributed by atoms with Crippen LogP contribution in [0.4, 0.5) is 0 Å². The van der Waals surface area contributed by atoms with E-state index < -0.39 is 0 Å². The molecule has 0 fully saturated rings. The summed E-state index contributed by atoms with van der Waals surface area (Å²) < 4.78 is 5.03. The maximum Gasteiger partial charge on any atom is 0.305 e. The summed E-state index contributed by atoms with van der Waals surface area (Å²) in [6.07, 6.45) is 7.71. The average molecular weight is 210 g/mol. The van der Waals surface area contributed by atoms with Crippen LogP contribution in [0.15, 0.2) is 23.8 Å². The fraction of sp³-hybridized carbons (Fsp3) is 0.615. The van der Waals surface area contributed by atoms with Gasteiger partial charge in [-0.2, -0.15) is 0 Å². The van der Waals surface area contributed by atoms with Crippen molar-refractivity contribution < 1.29 is 9.53 Å². The predicted octanol–water partition coefficient (Wildman–Crippen LogP) is 3.49. The van der Waals surface area contributed by atoms with Gasteiger partial charge >= 0.3 is 5.97 Å². The van der Waals surface area contributed by atoms with Gasteiger partial charge in [-0.25, -0.2) is 0 Å². The number of esters is 1. The van der Waals surface area contributed by atoms with Gasteiger partial charge in [-0.3, -0.25) is 4.79 Å². The van der Waals surface area contributed by atoms with E-state index in [-0.39, 0.29) is 11.9 Å². The van der Waals surface area contributed by atoms with Crippen molar-refractivity contribution in [3.05, 3.63) is 23.8 Å². The van der Waals surface area contributed by atoms with Gasteiger partial charge in [0.15, 0.2) is 0 Å². The van der Waals surface area contributed by atoms with Gasteiger partial charge < -0.3 is 4.74 Å². The van der Waals surface area contributed by atoms with Crippen LogP contribution in [-0.4, -0.2) is 12.6 Å². The van der Waals surface area contributed by atoms with Crippen LogP contribution in [-0.2, 0) is 9.53 Å². The molecule has 0 amide bonds. The summed E-state index contributed by atoms with van der Waals surface area (Å²) in [6, 6.07) is 0. The average Bonchev–Trinajstić information content (AvgIpc) is 2.25. The Labute approximate surface area is 93.0 Å². The van der Waals surface area contributed by atoms with Crippen LogP contribution < -0.4 is 0 Å². The Kier molecular flexibility index (Phi) is 7.69. The zero-order valence-corrected chi connectivity index (χ0v) is 10.2. The number of hydrogen-bond acceptors (Lipinski definition) is 2. The second kappa shape index (κ2) is 8.27. The summed E-state index contributed by atoms with van der Waals surface area (Å²) >= 11 is 0. The van der Waals surface area contributed by atoms with E-state index in [1.165, 1.54) is 5.57 Å². The SMILES string of the molecule is CCC(=O)OCC(C)/C=C/C=C(\C)CC. The lowest BCUT2D eigenvalue weighted by Gasteiger charge is -2.06. The minimum absolute atomic E-state index is 0.129. The molecule has 0 spiro atoms. The first-order chi connectivity index (χ1) is 7.10. The second-order valence-corrected chi connectivity index (χ2v) is 3.77. The third-order valence-corrected chi connectivity index (χ3v) is 2.17. The molecule has 0 saturated carbocycles. The molecule has 86 valence electrons.